The number of ether oxygens (including phenoxy) is 2. The van der Waals surface area contributed by atoms with E-state index in [1.54, 1.807) is 12.2 Å². The molecule has 0 amide bonds. The van der Waals surface area contributed by atoms with Crippen molar-refractivity contribution in [2.24, 2.45) is 0 Å². The van der Waals surface area contributed by atoms with E-state index in [4.69, 9.17) is 9.47 Å². The summed E-state index contributed by atoms with van der Waals surface area (Å²) in [5.41, 5.74) is -0.792. The topological polar surface area (TPSA) is 52.6 Å². The molecule has 2 aliphatic heterocycles. The Morgan fingerprint density at radius 2 is 2.14 bits per heavy atom. The molecule has 2 rings (SSSR count). The molecule has 0 radical (unpaired) electrons. The lowest BCUT2D eigenvalue weighted by atomic mass is 9.94. The second kappa shape index (κ2) is 2.97. The van der Waals surface area contributed by atoms with Crippen LogP contribution in [-0.4, -0.2) is 23.6 Å². The number of carbonyl (C=O) groups is 2. The zero-order valence-corrected chi connectivity index (χ0v) is 7.73. The van der Waals surface area contributed by atoms with Gasteiger partial charge in [0.2, 0.25) is 0 Å². The summed E-state index contributed by atoms with van der Waals surface area (Å²) in [6.07, 6.45) is 6.09. The van der Waals surface area contributed by atoms with Crippen molar-refractivity contribution >= 4 is 11.9 Å². The van der Waals surface area contributed by atoms with E-state index in [-0.39, 0.29) is 11.9 Å². The van der Waals surface area contributed by atoms with E-state index in [2.05, 4.69) is 0 Å². The summed E-state index contributed by atoms with van der Waals surface area (Å²) in [5, 5.41) is 0. The van der Waals surface area contributed by atoms with Crippen LogP contribution in [0.4, 0.5) is 0 Å². The van der Waals surface area contributed by atoms with Crippen LogP contribution in [0.5, 0.6) is 0 Å². The summed E-state index contributed by atoms with van der Waals surface area (Å²) >= 11 is 0. The standard InChI is InChI=1S/C10H10O4/c1-2-10(6-5-9(12)14-10)7-3-4-8(11)13-7/h3-7H,2H2,1H3. The molecule has 14 heavy (non-hydrogen) atoms. The highest BCUT2D eigenvalue weighted by molar-refractivity contribution is 5.87. The molecule has 2 unspecified atom stereocenters. The van der Waals surface area contributed by atoms with Crippen LogP contribution in [0.25, 0.3) is 0 Å². The van der Waals surface area contributed by atoms with E-state index in [1.807, 2.05) is 6.92 Å². The number of hydrogen-bond acceptors (Lipinski definition) is 4. The molecule has 0 aliphatic carbocycles. The molecule has 0 aromatic rings. The minimum atomic E-state index is -0.792. The first-order chi connectivity index (χ1) is 6.66. The fraction of sp³-hybridized carbons (Fsp3) is 0.400. The van der Waals surface area contributed by atoms with Crippen LogP contribution >= 0.6 is 0 Å². The maximum Gasteiger partial charge on any atom is 0.331 e. The van der Waals surface area contributed by atoms with E-state index in [0.29, 0.717) is 6.42 Å². The second-order valence-electron chi connectivity index (χ2n) is 3.28. The van der Waals surface area contributed by atoms with Crippen molar-refractivity contribution in [3.63, 3.8) is 0 Å². The largest absolute Gasteiger partial charge is 0.450 e. The molecule has 2 atom stereocenters. The van der Waals surface area contributed by atoms with Crippen molar-refractivity contribution in [1.29, 1.82) is 0 Å². The minimum Gasteiger partial charge on any atom is -0.450 e. The molecule has 0 bridgehead atoms. The van der Waals surface area contributed by atoms with E-state index < -0.39 is 11.7 Å². The lowest BCUT2D eigenvalue weighted by Gasteiger charge is -2.29. The van der Waals surface area contributed by atoms with Gasteiger partial charge in [0.25, 0.3) is 0 Å². The fourth-order valence-corrected chi connectivity index (χ4v) is 1.64. The van der Waals surface area contributed by atoms with Crippen LogP contribution in [0, 0.1) is 0 Å². The lowest BCUT2D eigenvalue weighted by molar-refractivity contribution is -0.162. The average Bonchev–Trinajstić information content (AvgIpc) is 2.73. The van der Waals surface area contributed by atoms with Gasteiger partial charge < -0.3 is 9.47 Å². The van der Waals surface area contributed by atoms with Gasteiger partial charge in [-0.2, -0.15) is 0 Å². The Balaban J connectivity index is 2.22. The van der Waals surface area contributed by atoms with Gasteiger partial charge in [0.1, 0.15) is 0 Å². The van der Waals surface area contributed by atoms with Gasteiger partial charge in [-0.1, -0.05) is 6.92 Å². The Labute approximate surface area is 81.2 Å². The Bertz CT molecular complexity index is 342. The van der Waals surface area contributed by atoms with E-state index in [1.165, 1.54) is 12.2 Å². The van der Waals surface area contributed by atoms with Crippen LogP contribution < -0.4 is 0 Å². The zero-order valence-electron chi connectivity index (χ0n) is 7.73. The van der Waals surface area contributed by atoms with E-state index >= 15 is 0 Å². The molecule has 0 aromatic carbocycles. The van der Waals surface area contributed by atoms with Gasteiger partial charge in [-0.15, -0.1) is 0 Å². The van der Waals surface area contributed by atoms with Crippen LogP contribution in [0.2, 0.25) is 0 Å². The molecule has 0 N–H and O–H groups in total. The number of esters is 2. The predicted molar refractivity (Wildman–Crippen MR) is 47.3 cm³/mol. The monoisotopic (exact) mass is 194 g/mol. The van der Waals surface area contributed by atoms with Crippen LogP contribution in [-0.2, 0) is 19.1 Å². The third-order valence-electron chi connectivity index (χ3n) is 2.48. The van der Waals surface area contributed by atoms with Crippen LogP contribution in [0.3, 0.4) is 0 Å². The summed E-state index contributed by atoms with van der Waals surface area (Å²) in [6.45, 7) is 1.88. The van der Waals surface area contributed by atoms with Gasteiger partial charge in [-0.25, -0.2) is 9.59 Å². The molecule has 0 saturated heterocycles. The van der Waals surface area contributed by atoms with E-state index in [0.717, 1.165) is 0 Å². The van der Waals surface area contributed by atoms with Crippen molar-refractivity contribution in [3.05, 3.63) is 24.3 Å². The molecular formula is C10H10O4. The molecule has 4 nitrogen and oxygen atoms in total. The summed E-state index contributed by atoms with van der Waals surface area (Å²) in [5.74, 6) is -0.776. The van der Waals surface area contributed by atoms with Crippen molar-refractivity contribution in [2.45, 2.75) is 25.0 Å². The third-order valence-corrected chi connectivity index (χ3v) is 2.48. The van der Waals surface area contributed by atoms with Gasteiger partial charge >= 0.3 is 11.9 Å². The Kier molecular flexibility index (Phi) is 1.91. The van der Waals surface area contributed by atoms with Crippen molar-refractivity contribution in [2.75, 3.05) is 0 Å². The molecule has 0 spiro atoms. The van der Waals surface area contributed by atoms with Crippen LogP contribution in [0.1, 0.15) is 13.3 Å². The molecular weight excluding hydrogens is 184 g/mol. The molecule has 2 heterocycles. The SMILES string of the molecule is CCC1(C2C=CC(=O)O2)C=CC(=O)O1. The summed E-state index contributed by atoms with van der Waals surface area (Å²) in [7, 11) is 0. The zero-order chi connectivity index (χ0) is 10.2. The number of rotatable bonds is 2. The van der Waals surface area contributed by atoms with Crippen molar-refractivity contribution in [3.8, 4) is 0 Å². The van der Waals surface area contributed by atoms with Crippen LogP contribution in [0.15, 0.2) is 24.3 Å². The normalized spacial score (nSPS) is 34.8. The van der Waals surface area contributed by atoms with E-state index in [9.17, 15) is 9.59 Å². The van der Waals surface area contributed by atoms with Gasteiger partial charge in [-0.05, 0) is 18.6 Å². The number of cyclic esters (lactones) is 2. The first kappa shape index (κ1) is 8.99. The highest BCUT2D eigenvalue weighted by Crippen LogP contribution is 2.32. The molecule has 74 valence electrons. The second-order valence-corrected chi connectivity index (χ2v) is 3.28. The highest BCUT2D eigenvalue weighted by atomic mass is 16.6. The minimum absolute atomic E-state index is 0.386. The quantitative estimate of drug-likeness (QED) is 0.608. The third kappa shape index (κ3) is 1.23. The van der Waals surface area contributed by atoms with Gasteiger partial charge in [0.05, 0.1) is 0 Å². The van der Waals surface area contributed by atoms with Crippen molar-refractivity contribution < 1.29 is 19.1 Å². The van der Waals surface area contributed by atoms with Gasteiger partial charge in [-0.3, -0.25) is 0 Å². The first-order valence-electron chi connectivity index (χ1n) is 4.47. The number of carbonyl (C=O) groups excluding carboxylic acids is 2. The van der Waals surface area contributed by atoms with Crippen molar-refractivity contribution in [1.82, 2.24) is 0 Å². The van der Waals surface area contributed by atoms with Gasteiger partial charge in [0.15, 0.2) is 11.7 Å². The molecule has 2 aliphatic rings. The summed E-state index contributed by atoms with van der Waals surface area (Å²) < 4.78 is 10.2. The van der Waals surface area contributed by atoms with Gasteiger partial charge in [0, 0.05) is 12.2 Å². The fourth-order valence-electron chi connectivity index (χ4n) is 1.64. The molecule has 4 heteroatoms. The molecule has 0 fully saturated rings. The molecule has 0 saturated carbocycles. The predicted octanol–water partition coefficient (Wildman–Crippen LogP) is 0.730. The molecule has 0 aromatic heterocycles. The summed E-state index contributed by atoms with van der Waals surface area (Å²) in [4.78, 5) is 21.9. The average molecular weight is 194 g/mol. The smallest absolute Gasteiger partial charge is 0.331 e. The Morgan fingerprint density at radius 1 is 1.36 bits per heavy atom. The first-order valence-corrected chi connectivity index (χ1v) is 4.47. The highest BCUT2D eigenvalue weighted by Gasteiger charge is 2.44. The summed E-state index contributed by atoms with van der Waals surface area (Å²) in [6, 6.07) is 0. The lowest BCUT2D eigenvalue weighted by Crippen LogP contribution is -2.40. The maximum atomic E-state index is 11.0. The Morgan fingerprint density at radius 3 is 2.57 bits per heavy atom. The number of hydrogen-bond donors (Lipinski definition) is 0. The Hall–Kier alpha value is -1.58. The maximum absolute atomic E-state index is 11.0.